The highest BCUT2D eigenvalue weighted by atomic mass is 16.2. The molecule has 2 aliphatic heterocycles. The monoisotopic (exact) mass is 302 g/mol. The second kappa shape index (κ2) is 6.44. The van der Waals surface area contributed by atoms with Crippen molar-refractivity contribution >= 4 is 11.8 Å². The lowest BCUT2D eigenvalue weighted by atomic mass is 10.0. The molecule has 0 aromatic carbocycles. The Morgan fingerprint density at radius 2 is 2.18 bits per heavy atom. The summed E-state index contributed by atoms with van der Waals surface area (Å²) in [7, 11) is 0. The summed E-state index contributed by atoms with van der Waals surface area (Å²) in [6.45, 7) is 4.41. The number of pyridine rings is 1. The number of hydrogen-bond donors (Lipinski definition) is 1. The van der Waals surface area contributed by atoms with E-state index in [-0.39, 0.29) is 23.9 Å². The van der Waals surface area contributed by atoms with Gasteiger partial charge in [0.05, 0.1) is 6.04 Å². The van der Waals surface area contributed by atoms with Crippen molar-refractivity contribution in [1.82, 2.24) is 20.1 Å². The van der Waals surface area contributed by atoms with E-state index in [9.17, 15) is 9.59 Å². The van der Waals surface area contributed by atoms with Gasteiger partial charge >= 0.3 is 0 Å². The van der Waals surface area contributed by atoms with Crippen molar-refractivity contribution in [2.45, 2.75) is 31.8 Å². The molecule has 6 nitrogen and oxygen atoms in total. The topological polar surface area (TPSA) is 65.5 Å². The molecule has 0 spiro atoms. The van der Waals surface area contributed by atoms with Crippen molar-refractivity contribution in [3.8, 4) is 0 Å². The predicted octanol–water partition coefficient (Wildman–Crippen LogP) is 0.565. The highest BCUT2D eigenvalue weighted by Crippen LogP contribution is 2.26. The maximum atomic E-state index is 13.0. The van der Waals surface area contributed by atoms with Crippen molar-refractivity contribution in [3.63, 3.8) is 0 Å². The summed E-state index contributed by atoms with van der Waals surface area (Å²) in [5, 5.41) is 3.34. The Bertz CT molecular complexity index is 548. The minimum absolute atomic E-state index is 0.00985. The molecule has 2 unspecified atom stereocenters. The molecule has 118 valence electrons. The van der Waals surface area contributed by atoms with Crippen LogP contribution in [0, 0.1) is 0 Å². The molecule has 0 aliphatic carbocycles. The van der Waals surface area contributed by atoms with E-state index in [1.165, 1.54) is 0 Å². The van der Waals surface area contributed by atoms with Gasteiger partial charge in [0.15, 0.2) is 0 Å². The zero-order valence-corrected chi connectivity index (χ0v) is 12.9. The van der Waals surface area contributed by atoms with Crippen LogP contribution in [-0.4, -0.2) is 58.8 Å². The van der Waals surface area contributed by atoms with Crippen LogP contribution in [0.1, 0.15) is 31.4 Å². The Hall–Kier alpha value is -1.95. The van der Waals surface area contributed by atoms with Crippen LogP contribution in [-0.2, 0) is 9.59 Å². The molecule has 2 saturated heterocycles. The van der Waals surface area contributed by atoms with E-state index in [1.54, 1.807) is 18.0 Å². The van der Waals surface area contributed by atoms with Crippen molar-refractivity contribution in [2.24, 2.45) is 0 Å². The van der Waals surface area contributed by atoms with Gasteiger partial charge in [0, 0.05) is 45.5 Å². The fourth-order valence-electron chi connectivity index (χ4n) is 3.43. The van der Waals surface area contributed by atoms with Gasteiger partial charge in [-0.3, -0.25) is 14.6 Å². The number of carbonyl (C=O) groups excluding carboxylic acids is 2. The van der Waals surface area contributed by atoms with Crippen LogP contribution < -0.4 is 5.32 Å². The number of hydrogen-bond acceptors (Lipinski definition) is 4. The van der Waals surface area contributed by atoms with Crippen molar-refractivity contribution in [3.05, 3.63) is 30.1 Å². The zero-order valence-electron chi connectivity index (χ0n) is 12.9. The van der Waals surface area contributed by atoms with Gasteiger partial charge in [-0.05, 0) is 24.5 Å². The average molecular weight is 302 g/mol. The molecule has 1 aromatic rings. The molecule has 1 aromatic heterocycles. The van der Waals surface area contributed by atoms with Gasteiger partial charge in [-0.2, -0.15) is 0 Å². The second-order valence-electron chi connectivity index (χ2n) is 5.91. The minimum atomic E-state index is -0.297. The molecule has 0 radical (unpaired) electrons. The maximum absolute atomic E-state index is 13.0. The highest BCUT2D eigenvalue weighted by Gasteiger charge is 2.38. The quantitative estimate of drug-likeness (QED) is 0.867. The fraction of sp³-hybridized carbons (Fsp3) is 0.562. The summed E-state index contributed by atoms with van der Waals surface area (Å²) in [6.07, 6.45) is 5.22. The Morgan fingerprint density at radius 1 is 1.32 bits per heavy atom. The fourth-order valence-corrected chi connectivity index (χ4v) is 3.43. The number of amides is 2. The molecule has 0 bridgehead atoms. The summed E-state index contributed by atoms with van der Waals surface area (Å²) >= 11 is 0. The molecule has 2 fully saturated rings. The highest BCUT2D eigenvalue weighted by molar-refractivity contribution is 5.88. The number of rotatable bonds is 2. The number of likely N-dealkylation sites (tertiary alicyclic amines) is 1. The second-order valence-corrected chi connectivity index (χ2v) is 5.91. The summed E-state index contributed by atoms with van der Waals surface area (Å²) < 4.78 is 0. The largest absolute Gasteiger partial charge is 0.331 e. The van der Waals surface area contributed by atoms with Gasteiger partial charge in [0.1, 0.15) is 6.04 Å². The number of nitrogens with zero attached hydrogens (tertiary/aromatic N) is 3. The SMILES string of the molecule is CC(=O)N1CCCC1C(=O)N1CCNCC1c1cccnc1. The van der Waals surface area contributed by atoms with E-state index >= 15 is 0 Å². The maximum Gasteiger partial charge on any atom is 0.245 e. The third-order valence-corrected chi connectivity index (χ3v) is 4.54. The van der Waals surface area contributed by atoms with Gasteiger partial charge in [-0.1, -0.05) is 6.07 Å². The van der Waals surface area contributed by atoms with Gasteiger partial charge in [0.2, 0.25) is 11.8 Å². The lowest BCUT2D eigenvalue weighted by molar-refractivity contribution is -0.145. The van der Waals surface area contributed by atoms with E-state index < -0.39 is 0 Å². The molecule has 6 heteroatoms. The number of aromatic nitrogens is 1. The van der Waals surface area contributed by atoms with Crippen molar-refractivity contribution in [2.75, 3.05) is 26.2 Å². The van der Waals surface area contributed by atoms with Crippen LogP contribution in [0.25, 0.3) is 0 Å². The third kappa shape index (κ3) is 2.83. The van der Waals surface area contributed by atoms with E-state index in [4.69, 9.17) is 0 Å². The van der Waals surface area contributed by atoms with Crippen LogP contribution in [0.3, 0.4) is 0 Å². The van der Waals surface area contributed by atoms with E-state index in [0.717, 1.165) is 31.5 Å². The molecule has 1 N–H and O–H groups in total. The first-order valence-electron chi connectivity index (χ1n) is 7.87. The lowest BCUT2D eigenvalue weighted by Gasteiger charge is -2.39. The van der Waals surface area contributed by atoms with Crippen LogP contribution in [0.2, 0.25) is 0 Å². The summed E-state index contributed by atoms with van der Waals surface area (Å²) in [6, 6.07) is 3.59. The minimum Gasteiger partial charge on any atom is -0.331 e. The van der Waals surface area contributed by atoms with Gasteiger partial charge < -0.3 is 15.1 Å². The summed E-state index contributed by atoms with van der Waals surface area (Å²) in [5.41, 5.74) is 1.04. The van der Waals surface area contributed by atoms with Gasteiger partial charge in [-0.15, -0.1) is 0 Å². The average Bonchev–Trinajstić information content (AvgIpc) is 3.05. The van der Waals surface area contributed by atoms with E-state index in [1.807, 2.05) is 23.2 Å². The van der Waals surface area contributed by atoms with Gasteiger partial charge in [-0.25, -0.2) is 0 Å². The first-order valence-corrected chi connectivity index (χ1v) is 7.87. The standard InChI is InChI=1S/C16H22N4O2/c1-12(21)19-8-3-5-14(19)16(22)20-9-7-18-11-15(20)13-4-2-6-17-10-13/h2,4,6,10,14-15,18H,3,5,7-9,11H2,1H3. The third-order valence-electron chi connectivity index (χ3n) is 4.54. The Labute approximate surface area is 130 Å². The molecule has 3 heterocycles. The number of piperazine rings is 1. The zero-order chi connectivity index (χ0) is 15.5. The predicted molar refractivity (Wildman–Crippen MR) is 82.0 cm³/mol. The Kier molecular flexibility index (Phi) is 4.38. The smallest absolute Gasteiger partial charge is 0.245 e. The van der Waals surface area contributed by atoms with Gasteiger partial charge in [0.25, 0.3) is 0 Å². The summed E-state index contributed by atoms with van der Waals surface area (Å²) in [4.78, 5) is 32.5. The molecule has 2 amide bonds. The first-order chi connectivity index (χ1) is 10.7. The molecule has 3 rings (SSSR count). The molecular formula is C16H22N4O2. The van der Waals surface area contributed by atoms with Crippen molar-refractivity contribution < 1.29 is 9.59 Å². The molecule has 2 aliphatic rings. The van der Waals surface area contributed by atoms with Crippen molar-refractivity contribution in [1.29, 1.82) is 0 Å². The summed E-state index contributed by atoms with van der Waals surface area (Å²) in [5.74, 6) is 0.0620. The molecule has 2 atom stereocenters. The normalized spacial score (nSPS) is 25.3. The van der Waals surface area contributed by atoms with Crippen LogP contribution >= 0.6 is 0 Å². The van der Waals surface area contributed by atoms with E-state index in [2.05, 4.69) is 10.3 Å². The lowest BCUT2D eigenvalue weighted by Crippen LogP contribution is -2.54. The van der Waals surface area contributed by atoms with Crippen LogP contribution in [0.4, 0.5) is 0 Å². The van der Waals surface area contributed by atoms with Crippen LogP contribution in [0.15, 0.2) is 24.5 Å². The molecule has 0 saturated carbocycles. The molecule has 22 heavy (non-hydrogen) atoms. The first kappa shape index (κ1) is 15.0. The Morgan fingerprint density at radius 3 is 2.91 bits per heavy atom. The number of nitrogens with one attached hydrogen (secondary N) is 1. The van der Waals surface area contributed by atoms with Crippen LogP contribution in [0.5, 0.6) is 0 Å². The van der Waals surface area contributed by atoms with E-state index in [0.29, 0.717) is 13.1 Å². The number of carbonyl (C=O) groups is 2. The Balaban J connectivity index is 1.81. The molecular weight excluding hydrogens is 280 g/mol.